The molecule has 8 aromatic heterocycles. The zero-order valence-corrected chi connectivity index (χ0v) is 74.2. The third kappa shape index (κ3) is 23.7. The van der Waals surface area contributed by atoms with Crippen molar-refractivity contribution in [2.45, 2.75) is 217 Å². The topological polar surface area (TPSA) is 295 Å². The fourth-order valence-electron chi connectivity index (χ4n) is 16.6. The fourth-order valence-corrected chi connectivity index (χ4v) is 16.6. The van der Waals surface area contributed by atoms with Crippen LogP contribution in [0.2, 0.25) is 0 Å². The lowest BCUT2D eigenvalue weighted by molar-refractivity contribution is -0.142. The van der Waals surface area contributed by atoms with E-state index in [0.29, 0.717) is 98.7 Å². The Labute approximate surface area is 746 Å². The average molecular weight is 1830 g/mol. The number of amides is 4. The van der Waals surface area contributed by atoms with Crippen LogP contribution in [0.15, 0.2) is 146 Å². The van der Waals surface area contributed by atoms with Crippen LogP contribution in [0.1, 0.15) is 246 Å². The Kier molecular flexibility index (Phi) is 27.8. The summed E-state index contributed by atoms with van der Waals surface area (Å²) in [7, 11) is 8.69. The lowest BCUT2D eigenvalue weighted by Gasteiger charge is -2.34. The van der Waals surface area contributed by atoms with Crippen molar-refractivity contribution in [2.24, 2.45) is 10.8 Å². The summed E-state index contributed by atoms with van der Waals surface area (Å²) in [5.41, 5.74) is -1.48. The van der Waals surface area contributed by atoms with Gasteiger partial charge in [0.15, 0.2) is 0 Å². The molecular weight excluding hydrogens is 1730 g/mol. The van der Waals surface area contributed by atoms with Crippen molar-refractivity contribution in [1.82, 2.24) is 59.1 Å². The van der Waals surface area contributed by atoms with Crippen LogP contribution in [0.3, 0.4) is 0 Å². The second-order valence-electron chi connectivity index (χ2n) is 36.5. The molecule has 38 heteroatoms. The molecular formula is C93H103F13N18O7. The number of carbonyl (C=O) groups excluding carboxylic acids is 4. The van der Waals surface area contributed by atoms with Crippen molar-refractivity contribution in [1.29, 1.82) is 0 Å². The molecule has 16 rings (SSSR count). The van der Waals surface area contributed by atoms with Gasteiger partial charge in [-0.15, -0.1) is 0 Å². The minimum Gasteiger partial charge on any atom is -0.494 e. The van der Waals surface area contributed by atoms with E-state index in [1.807, 2.05) is 76.0 Å². The van der Waals surface area contributed by atoms with Crippen LogP contribution in [-0.4, -0.2) is 140 Å². The molecule has 8 heterocycles. The van der Waals surface area contributed by atoms with E-state index in [1.54, 1.807) is 74.8 Å². The number of aliphatic hydroxyl groups is 2. The summed E-state index contributed by atoms with van der Waals surface area (Å²) in [6, 6.07) is 27.7. The molecule has 4 amide bonds. The van der Waals surface area contributed by atoms with Gasteiger partial charge < -0.3 is 46.0 Å². The smallest absolute Gasteiger partial charge is 0.433 e. The highest BCUT2D eigenvalue weighted by Gasteiger charge is 2.40. The number of hydrogen-bond acceptors (Lipinski definition) is 17. The summed E-state index contributed by atoms with van der Waals surface area (Å²) >= 11 is 0. The third-order valence-corrected chi connectivity index (χ3v) is 24.3. The Morgan fingerprint density at radius 3 is 0.977 bits per heavy atom. The van der Waals surface area contributed by atoms with E-state index in [-0.39, 0.29) is 52.7 Å². The number of nitrogens with one attached hydrogen (secondary N) is 4. The SMILES string of the molecule is CC1(C)CCC(n2cc3cc(NC(=O)c4cccc(C(F)(F)F)n4)c(C(C)(C)O)cc3n2)CC1.CN(C)c1cc2nn(C3CCC(C)(C)CC3)cc2cc1NC(=O)c1cccc(C(F)(F)F)n1.CN(C)c1cc2nn(C3CCC(O)CC3)cc2cc1NC(=O)c1cccc(C(F)(F)F)n1.COc1cc2nn(C3CCC(C)(F)CC3)cc2cc1NC(=O)c1cccc(C(F)(F)F)n1. The molecule has 4 aromatic carbocycles. The van der Waals surface area contributed by atoms with Gasteiger partial charge in [0.05, 0.1) is 93.5 Å². The molecule has 25 nitrogen and oxygen atoms in total. The number of nitrogens with zero attached hydrogens (tertiary/aromatic N) is 14. The number of fused-ring (bicyclic) bond motifs is 4. The Balaban J connectivity index is 0.000000149. The van der Waals surface area contributed by atoms with Crippen LogP contribution in [0, 0.1) is 10.8 Å². The molecule has 6 N–H and O–H groups in total. The summed E-state index contributed by atoms with van der Waals surface area (Å²) in [5, 5.41) is 53.0. The second-order valence-corrected chi connectivity index (χ2v) is 36.5. The van der Waals surface area contributed by atoms with E-state index >= 15 is 0 Å². The standard InChI is InChI=1S/C25H29F3N4O2.C24H28F3N5O.C22H22F4N4O2.C22H24F3N5O2/c1-23(2)10-8-16(9-11-23)32-14-15-12-20(17(24(3,4)34)13-19(15)31-32)30-22(33)18-6-5-7-21(29-18)25(26,27)28;1-23(2)10-8-16(9-11-23)32-14-15-12-19(20(31(3)4)13-18(15)30-32)29-22(33)17-6-5-7-21(28-17)24(25,26)27;1-21(23)8-6-14(7-9-21)30-12-13-10-17(18(32-2)11-16(13)29-30)28-20(31)15-4-3-5-19(27-15)22(24,25)26;1-29(2)19-11-17-13(12-30(28-17)14-6-8-15(31)9-7-14)10-18(19)27-21(32)16-4-3-5-20(26-16)22(23,24)25/h5-7,12-14,16,34H,8-11H2,1-4H3,(H,30,33);5-7,12-14,16H,8-11H2,1-4H3,(H,29,33);3-5,10-12,14H,6-9H2,1-2H3,(H,28,31);3-5,10-12,14-15,31H,6-9H2,1-2H3,(H,27,32). The normalized spacial score (nSPS) is 18.6. The number of pyridine rings is 4. The predicted molar refractivity (Wildman–Crippen MR) is 471 cm³/mol. The van der Waals surface area contributed by atoms with Crippen molar-refractivity contribution >= 4 is 101 Å². The molecule has 0 unspecified atom stereocenters. The van der Waals surface area contributed by atoms with Gasteiger partial charge in [0.1, 0.15) is 57.0 Å². The van der Waals surface area contributed by atoms with Crippen molar-refractivity contribution in [2.75, 3.05) is 66.4 Å². The second kappa shape index (κ2) is 37.9. The number of rotatable bonds is 16. The van der Waals surface area contributed by atoms with Crippen LogP contribution >= 0.6 is 0 Å². The number of halogens is 13. The molecule has 0 aliphatic heterocycles. The summed E-state index contributed by atoms with van der Waals surface area (Å²) in [4.78, 5) is 68.2. The van der Waals surface area contributed by atoms with Crippen molar-refractivity contribution in [3.05, 3.63) is 197 Å². The first-order chi connectivity index (χ1) is 61.3. The molecule has 131 heavy (non-hydrogen) atoms. The zero-order valence-electron chi connectivity index (χ0n) is 74.2. The van der Waals surface area contributed by atoms with Gasteiger partial charge in [-0.05, 0) is 225 Å². The maximum Gasteiger partial charge on any atom is 0.433 e. The van der Waals surface area contributed by atoms with Gasteiger partial charge in [0.2, 0.25) is 0 Å². The maximum absolute atomic E-state index is 14.1. The molecule has 4 saturated carbocycles. The first-order valence-electron chi connectivity index (χ1n) is 42.9. The van der Waals surface area contributed by atoms with Crippen molar-refractivity contribution in [3.8, 4) is 5.75 Å². The minimum atomic E-state index is -4.66. The van der Waals surface area contributed by atoms with E-state index in [0.717, 1.165) is 147 Å². The summed E-state index contributed by atoms with van der Waals surface area (Å²) in [6.45, 7) is 13.9. The van der Waals surface area contributed by atoms with Crippen LogP contribution < -0.4 is 35.8 Å². The van der Waals surface area contributed by atoms with Crippen LogP contribution in [0.4, 0.5) is 91.2 Å². The number of carbonyl (C=O) groups is 4. The molecule has 0 radical (unpaired) electrons. The number of anilines is 6. The Morgan fingerprint density at radius 2 is 0.672 bits per heavy atom. The first kappa shape index (κ1) is 96.2. The largest absolute Gasteiger partial charge is 0.494 e. The average Bonchev–Trinajstić information content (AvgIpc) is 1.66. The van der Waals surface area contributed by atoms with Gasteiger partial charge in [-0.3, -0.25) is 37.9 Å². The number of aromatic nitrogens is 12. The van der Waals surface area contributed by atoms with Crippen molar-refractivity contribution in [3.63, 3.8) is 0 Å². The first-order valence-corrected chi connectivity index (χ1v) is 42.9. The minimum absolute atomic E-state index is 0.0737. The lowest BCUT2D eigenvalue weighted by atomic mass is 9.76. The number of ether oxygens (including phenoxy) is 1. The van der Waals surface area contributed by atoms with Gasteiger partial charge in [-0.1, -0.05) is 52.0 Å². The highest BCUT2D eigenvalue weighted by molar-refractivity contribution is 6.09. The van der Waals surface area contributed by atoms with Crippen LogP contribution in [0.5, 0.6) is 5.75 Å². The molecule has 0 spiro atoms. The highest BCUT2D eigenvalue weighted by Crippen LogP contribution is 2.46. The molecule has 0 atom stereocenters. The predicted octanol–water partition coefficient (Wildman–Crippen LogP) is 21.8. The molecule has 0 bridgehead atoms. The highest BCUT2D eigenvalue weighted by atomic mass is 19.4. The Bertz CT molecular complexity index is 6140. The lowest BCUT2D eigenvalue weighted by Crippen LogP contribution is -2.27. The van der Waals surface area contributed by atoms with Gasteiger partial charge in [-0.25, -0.2) is 24.3 Å². The van der Waals surface area contributed by atoms with E-state index in [4.69, 9.17) is 14.9 Å². The monoisotopic (exact) mass is 1830 g/mol. The number of hydrogen-bond donors (Lipinski definition) is 6. The summed E-state index contributed by atoms with van der Waals surface area (Å²) in [5.74, 6) is -2.71. The van der Waals surface area contributed by atoms with E-state index in [9.17, 15) is 86.5 Å². The summed E-state index contributed by atoms with van der Waals surface area (Å²) in [6.07, 6.45) is 2.84. The summed E-state index contributed by atoms with van der Waals surface area (Å²) < 4.78 is 183. The number of methoxy groups -OCH3 is 1. The molecule has 698 valence electrons. The number of benzene rings is 4. The number of aliphatic hydroxyl groups excluding tert-OH is 1. The molecule has 12 aromatic rings. The van der Waals surface area contributed by atoms with E-state index in [1.165, 1.54) is 37.4 Å². The van der Waals surface area contributed by atoms with Crippen LogP contribution in [0.25, 0.3) is 43.6 Å². The van der Waals surface area contributed by atoms with Crippen LogP contribution in [-0.2, 0) is 30.3 Å². The van der Waals surface area contributed by atoms with Gasteiger partial charge >= 0.3 is 24.7 Å². The molecule has 4 fully saturated rings. The third-order valence-electron chi connectivity index (χ3n) is 24.3. The van der Waals surface area contributed by atoms with Crippen molar-refractivity contribution < 1.29 is 91.2 Å². The van der Waals surface area contributed by atoms with Gasteiger partial charge in [-0.2, -0.15) is 73.1 Å². The van der Waals surface area contributed by atoms with E-state index in [2.05, 4.69) is 79.1 Å². The fraction of sp³-hybridized carbons (Fsp3) is 0.441. The number of alkyl halides is 13. The van der Waals surface area contributed by atoms with Gasteiger partial charge in [0.25, 0.3) is 23.6 Å². The molecule has 4 aliphatic carbocycles. The van der Waals surface area contributed by atoms with Gasteiger partial charge in [0, 0.05) is 91.8 Å². The molecule has 0 saturated heterocycles. The zero-order chi connectivity index (χ0) is 95.0. The molecule has 4 aliphatic rings. The van der Waals surface area contributed by atoms with E-state index < -0.39 is 82.4 Å². The maximum atomic E-state index is 14.1. The quantitative estimate of drug-likeness (QED) is 0.0490. The Hall–Kier alpha value is -12.4. The Morgan fingerprint density at radius 1 is 0.397 bits per heavy atom.